The highest BCUT2D eigenvalue weighted by Crippen LogP contribution is 2.17. The summed E-state index contributed by atoms with van der Waals surface area (Å²) in [5.74, 6) is -0.875. The lowest BCUT2D eigenvalue weighted by molar-refractivity contribution is -0.167. The van der Waals surface area contributed by atoms with Crippen molar-refractivity contribution in [3.63, 3.8) is 0 Å². The van der Waals surface area contributed by atoms with E-state index in [1.54, 1.807) is 0 Å². The average Bonchev–Trinajstić information content (AvgIpc) is 3.50. The summed E-state index contributed by atoms with van der Waals surface area (Å²) in [5.41, 5.74) is 0. The van der Waals surface area contributed by atoms with Gasteiger partial charge in [-0.1, -0.05) is 323 Å². The first kappa shape index (κ1) is 79.1. The fourth-order valence-corrected chi connectivity index (χ4v) is 9.99. The number of unbranched alkanes of at least 4 members (excludes halogenated alkanes) is 35. The quantitative estimate of drug-likeness (QED) is 0.0261. The minimum absolute atomic E-state index is 0.0766. The Morgan fingerprint density at radius 2 is 0.470 bits per heavy atom. The van der Waals surface area contributed by atoms with E-state index in [0.29, 0.717) is 19.3 Å². The second-order valence-corrected chi connectivity index (χ2v) is 23.4. The van der Waals surface area contributed by atoms with Crippen LogP contribution in [0.15, 0.2) is 109 Å². The van der Waals surface area contributed by atoms with Gasteiger partial charge in [-0.3, -0.25) is 14.4 Å². The molecule has 0 N–H and O–H groups in total. The van der Waals surface area contributed by atoms with Crippen molar-refractivity contribution >= 4 is 17.9 Å². The van der Waals surface area contributed by atoms with E-state index in [2.05, 4.69) is 130 Å². The Kier molecular flexibility index (Phi) is 67.2. The second-order valence-electron chi connectivity index (χ2n) is 23.4. The van der Waals surface area contributed by atoms with Gasteiger partial charge in [-0.05, 0) is 109 Å². The molecule has 0 aromatic heterocycles. The zero-order valence-electron chi connectivity index (χ0n) is 54.7. The summed E-state index contributed by atoms with van der Waals surface area (Å²) in [7, 11) is 0. The Labute approximate surface area is 514 Å². The lowest BCUT2D eigenvalue weighted by atomic mass is 10.0. The largest absolute Gasteiger partial charge is 0.462 e. The van der Waals surface area contributed by atoms with Crippen molar-refractivity contribution in [3.05, 3.63) is 109 Å². The van der Waals surface area contributed by atoms with Crippen LogP contribution in [0.2, 0.25) is 0 Å². The first-order valence-electron chi connectivity index (χ1n) is 35.4. The van der Waals surface area contributed by atoms with Gasteiger partial charge in [0.25, 0.3) is 0 Å². The Morgan fingerprint density at radius 1 is 0.253 bits per heavy atom. The molecule has 83 heavy (non-hydrogen) atoms. The SMILES string of the molecule is CC/C=C\C/C=C\C/C=C\C/C=C\C/C=C\C/C=C\CCCCCCCCCCCCCCC(=O)OCC(COC(=O)CCCCCCCCC)OC(=O)CCCCCCCCCCCCCC/C=C\C/C=C\C/C=C\CCCCCCC. The van der Waals surface area contributed by atoms with Crippen LogP contribution in [0.5, 0.6) is 0 Å². The van der Waals surface area contributed by atoms with E-state index < -0.39 is 6.10 Å². The molecule has 476 valence electrons. The highest BCUT2D eigenvalue weighted by atomic mass is 16.6. The molecule has 0 spiro atoms. The molecule has 0 aliphatic rings. The Bertz CT molecular complexity index is 1660. The number of hydrogen-bond acceptors (Lipinski definition) is 6. The number of ether oxygens (including phenoxy) is 3. The molecule has 0 aliphatic carbocycles. The maximum atomic E-state index is 12.9. The first-order chi connectivity index (χ1) is 41.0. The van der Waals surface area contributed by atoms with Crippen molar-refractivity contribution in [2.75, 3.05) is 13.2 Å². The van der Waals surface area contributed by atoms with Gasteiger partial charge in [0.15, 0.2) is 6.10 Å². The maximum Gasteiger partial charge on any atom is 0.306 e. The Hall–Kier alpha value is -3.93. The van der Waals surface area contributed by atoms with Crippen molar-refractivity contribution in [2.45, 2.75) is 348 Å². The molecule has 0 saturated heterocycles. The van der Waals surface area contributed by atoms with Crippen molar-refractivity contribution in [1.82, 2.24) is 0 Å². The molecule has 6 heteroatoms. The molecule has 0 radical (unpaired) electrons. The smallest absolute Gasteiger partial charge is 0.306 e. The average molecular weight is 1150 g/mol. The van der Waals surface area contributed by atoms with E-state index in [9.17, 15) is 14.4 Å². The molecule has 1 atom stereocenters. The lowest BCUT2D eigenvalue weighted by Gasteiger charge is -2.18. The highest BCUT2D eigenvalue weighted by molar-refractivity contribution is 5.71. The number of hydrogen-bond donors (Lipinski definition) is 0. The van der Waals surface area contributed by atoms with Gasteiger partial charge in [0.05, 0.1) is 0 Å². The first-order valence-corrected chi connectivity index (χ1v) is 35.4. The fraction of sp³-hybridized carbons (Fsp3) is 0.727. The summed E-state index contributed by atoms with van der Waals surface area (Å²) >= 11 is 0. The topological polar surface area (TPSA) is 78.9 Å². The van der Waals surface area contributed by atoms with Crippen LogP contribution in [-0.4, -0.2) is 37.2 Å². The maximum absolute atomic E-state index is 12.9. The fourth-order valence-electron chi connectivity index (χ4n) is 9.99. The van der Waals surface area contributed by atoms with Crippen molar-refractivity contribution in [1.29, 1.82) is 0 Å². The molecule has 0 fully saturated rings. The van der Waals surface area contributed by atoms with Crippen LogP contribution in [-0.2, 0) is 28.6 Å². The predicted molar refractivity (Wildman–Crippen MR) is 362 cm³/mol. The van der Waals surface area contributed by atoms with E-state index in [0.717, 1.165) is 109 Å². The minimum Gasteiger partial charge on any atom is -0.462 e. The van der Waals surface area contributed by atoms with Gasteiger partial charge in [0.2, 0.25) is 0 Å². The van der Waals surface area contributed by atoms with Gasteiger partial charge < -0.3 is 14.2 Å². The number of carbonyl (C=O) groups excluding carboxylic acids is 3. The molecular formula is C77H132O6. The van der Waals surface area contributed by atoms with Gasteiger partial charge in [0, 0.05) is 19.3 Å². The molecule has 0 rings (SSSR count). The Morgan fingerprint density at radius 3 is 0.735 bits per heavy atom. The zero-order valence-corrected chi connectivity index (χ0v) is 54.7. The molecule has 0 bridgehead atoms. The van der Waals surface area contributed by atoms with Crippen molar-refractivity contribution in [3.8, 4) is 0 Å². The third kappa shape index (κ3) is 68.7. The van der Waals surface area contributed by atoms with Crippen LogP contribution in [0.25, 0.3) is 0 Å². The van der Waals surface area contributed by atoms with Crippen LogP contribution in [0, 0.1) is 0 Å². The summed E-state index contributed by atoms with van der Waals surface area (Å²) in [5, 5.41) is 0. The summed E-state index contributed by atoms with van der Waals surface area (Å²) in [6, 6.07) is 0. The number of esters is 3. The van der Waals surface area contributed by atoms with Crippen LogP contribution in [0.4, 0.5) is 0 Å². The van der Waals surface area contributed by atoms with Gasteiger partial charge in [-0.15, -0.1) is 0 Å². The zero-order chi connectivity index (χ0) is 59.9. The number of carbonyl (C=O) groups is 3. The molecule has 0 saturated carbocycles. The second kappa shape index (κ2) is 70.6. The third-order valence-corrected chi connectivity index (χ3v) is 15.3. The molecule has 0 aromatic rings. The van der Waals surface area contributed by atoms with Gasteiger partial charge in [-0.25, -0.2) is 0 Å². The van der Waals surface area contributed by atoms with Gasteiger partial charge in [-0.2, -0.15) is 0 Å². The van der Waals surface area contributed by atoms with Crippen LogP contribution in [0.3, 0.4) is 0 Å². The van der Waals surface area contributed by atoms with Crippen molar-refractivity contribution in [2.24, 2.45) is 0 Å². The lowest BCUT2D eigenvalue weighted by Crippen LogP contribution is -2.30. The molecule has 0 heterocycles. The van der Waals surface area contributed by atoms with Gasteiger partial charge in [0.1, 0.15) is 13.2 Å². The summed E-state index contributed by atoms with van der Waals surface area (Å²) in [6.07, 6.45) is 97.1. The predicted octanol–water partition coefficient (Wildman–Crippen LogP) is 24.6. The summed E-state index contributed by atoms with van der Waals surface area (Å²) in [6.45, 7) is 6.50. The normalized spacial score (nSPS) is 12.8. The molecule has 0 amide bonds. The standard InChI is InChI=1S/C77H132O6/c1-4-7-10-13-16-18-20-22-24-26-28-30-32-34-36-37-38-39-41-42-44-46-48-50-52-54-56-58-61-64-67-70-76(79)82-73-74(72-81-75(78)69-66-63-60-15-12-9-6-3)83-77(80)71-68-65-62-59-57-55-53-51-49-47-45-43-40-35-33-31-29-27-25-23-21-19-17-14-11-8-5-2/h7,10,16,18,21-24,27-30,33-36,38-39,74H,4-6,8-9,11-15,17,19-20,25-26,31-32,37,40-73H2,1-3H3/b10-7-,18-16-,23-21-,24-22-,29-27-,30-28-,35-33-,36-34-,39-38-. The van der Waals surface area contributed by atoms with E-state index >= 15 is 0 Å². The number of allylic oxidation sites excluding steroid dienone is 18. The summed E-state index contributed by atoms with van der Waals surface area (Å²) < 4.78 is 16.9. The van der Waals surface area contributed by atoms with Crippen LogP contribution < -0.4 is 0 Å². The van der Waals surface area contributed by atoms with Crippen molar-refractivity contribution < 1.29 is 28.6 Å². The monoisotopic (exact) mass is 1150 g/mol. The van der Waals surface area contributed by atoms with E-state index in [-0.39, 0.29) is 31.1 Å². The van der Waals surface area contributed by atoms with E-state index in [1.165, 1.54) is 193 Å². The molecule has 0 aromatic carbocycles. The number of rotatable bonds is 64. The Balaban J connectivity index is 4.09. The molecule has 6 nitrogen and oxygen atoms in total. The molecular weight excluding hydrogens is 1020 g/mol. The molecule has 0 aliphatic heterocycles. The summed E-state index contributed by atoms with van der Waals surface area (Å²) in [4.78, 5) is 38.2. The van der Waals surface area contributed by atoms with Crippen LogP contribution >= 0.6 is 0 Å². The highest BCUT2D eigenvalue weighted by Gasteiger charge is 2.19. The third-order valence-electron chi connectivity index (χ3n) is 15.3. The van der Waals surface area contributed by atoms with E-state index in [4.69, 9.17) is 14.2 Å². The molecule has 1 unspecified atom stereocenters. The van der Waals surface area contributed by atoms with E-state index in [1.807, 2.05) is 0 Å². The minimum atomic E-state index is -0.778. The van der Waals surface area contributed by atoms with Crippen LogP contribution in [0.1, 0.15) is 342 Å². The van der Waals surface area contributed by atoms with Gasteiger partial charge >= 0.3 is 17.9 Å².